The van der Waals surface area contributed by atoms with Crippen LogP contribution in [0.5, 0.6) is 11.5 Å². The molecule has 0 unspecified atom stereocenters. The van der Waals surface area contributed by atoms with Crippen LogP contribution in [0.25, 0.3) is 0 Å². The number of nitrogens with zero attached hydrogens (tertiary/aromatic N) is 2. The van der Waals surface area contributed by atoms with Crippen molar-refractivity contribution in [2.24, 2.45) is 5.92 Å². The van der Waals surface area contributed by atoms with Gasteiger partial charge in [0.2, 0.25) is 5.91 Å². The molecule has 2 heterocycles. The van der Waals surface area contributed by atoms with Crippen molar-refractivity contribution in [1.82, 2.24) is 10.2 Å². The van der Waals surface area contributed by atoms with Gasteiger partial charge in [-0.25, -0.2) is 0 Å². The highest BCUT2D eigenvalue weighted by molar-refractivity contribution is 7.80. The molecule has 30 heavy (non-hydrogen) atoms. The average Bonchev–Trinajstić information content (AvgIpc) is 2.69. The molecule has 1 N–H and O–H groups in total. The van der Waals surface area contributed by atoms with Crippen molar-refractivity contribution >= 4 is 28.9 Å². The van der Waals surface area contributed by atoms with E-state index in [0.717, 1.165) is 16.8 Å². The lowest BCUT2D eigenvalue weighted by Gasteiger charge is -2.56. The Balaban J connectivity index is 1.92. The van der Waals surface area contributed by atoms with Crippen LogP contribution >= 0.6 is 12.2 Å². The van der Waals surface area contributed by atoms with Gasteiger partial charge >= 0.3 is 0 Å². The van der Waals surface area contributed by atoms with E-state index >= 15 is 0 Å². The molecule has 2 aromatic rings. The molecule has 1 amide bonds. The third kappa shape index (κ3) is 3.08. The first-order valence-electron chi connectivity index (χ1n) is 10.1. The quantitative estimate of drug-likeness (QED) is 0.755. The van der Waals surface area contributed by atoms with Crippen molar-refractivity contribution in [2.75, 3.05) is 25.6 Å². The summed E-state index contributed by atoms with van der Waals surface area (Å²) in [6.07, 6.45) is 0. The Hall–Kier alpha value is -2.80. The minimum absolute atomic E-state index is 0.0259. The lowest BCUT2D eigenvalue weighted by atomic mass is 9.78. The fourth-order valence-electron chi connectivity index (χ4n) is 4.38. The summed E-state index contributed by atoms with van der Waals surface area (Å²) in [5.41, 5.74) is 1.87. The van der Waals surface area contributed by atoms with Gasteiger partial charge in [0.1, 0.15) is 5.92 Å². The molecule has 2 aliphatic heterocycles. The van der Waals surface area contributed by atoms with Crippen molar-refractivity contribution in [3.8, 4) is 11.5 Å². The van der Waals surface area contributed by atoms with E-state index in [1.807, 2.05) is 68.1 Å². The Bertz CT molecular complexity index is 992. The van der Waals surface area contributed by atoms with Crippen molar-refractivity contribution in [3.63, 3.8) is 0 Å². The highest BCUT2D eigenvalue weighted by atomic mass is 32.1. The summed E-state index contributed by atoms with van der Waals surface area (Å²) in [6, 6.07) is 13.5. The fraction of sp³-hybridized carbons (Fsp3) is 0.391. The Kier molecular flexibility index (Phi) is 5.10. The van der Waals surface area contributed by atoms with E-state index in [2.05, 4.69) is 5.32 Å². The molecule has 7 heteroatoms. The van der Waals surface area contributed by atoms with Crippen LogP contribution in [0.1, 0.15) is 31.0 Å². The minimum atomic E-state index is -1.02. The van der Waals surface area contributed by atoms with Crippen LogP contribution in [-0.2, 0) is 4.79 Å². The molecule has 0 aromatic heterocycles. The second kappa shape index (κ2) is 7.47. The Morgan fingerprint density at radius 3 is 2.60 bits per heavy atom. The van der Waals surface area contributed by atoms with E-state index in [4.69, 9.17) is 21.7 Å². The smallest absolute Gasteiger partial charge is 0.233 e. The first-order valence-corrected chi connectivity index (χ1v) is 10.5. The van der Waals surface area contributed by atoms with Gasteiger partial charge in [-0.3, -0.25) is 9.69 Å². The van der Waals surface area contributed by atoms with Crippen molar-refractivity contribution in [2.45, 2.75) is 32.5 Å². The summed E-state index contributed by atoms with van der Waals surface area (Å²) >= 11 is 5.77. The normalized spacial score (nSPS) is 24.4. The number of anilines is 1. The van der Waals surface area contributed by atoms with Gasteiger partial charge in [0.15, 0.2) is 22.3 Å². The summed E-state index contributed by atoms with van der Waals surface area (Å²) in [6.45, 7) is 6.43. The van der Waals surface area contributed by atoms with E-state index < -0.39 is 11.6 Å². The number of thiocarbonyl (C=S) groups is 1. The third-order valence-corrected chi connectivity index (χ3v) is 6.09. The number of ether oxygens (including phenoxy) is 2. The van der Waals surface area contributed by atoms with E-state index in [0.29, 0.717) is 23.2 Å². The first-order chi connectivity index (χ1) is 14.3. The number of rotatable bonds is 4. The maximum Gasteiger partial charge on any atom is 0.233 e. The number of fused-ring (bicyclic) bond motifs is 4. The molecular weight excluding hydrogens is 398 g/mol. The molecule has 3 atom stereocenters. The van der Waals surface area contributed by atoms with Crippen molar-refractivity contribution in [3.05, 3.63) is 53.6 Å². The van der Waals surface area contributed by atoms with Crippen LogP contribution in [0, 0.1) is 12.8 Å². The second-order valence-corrected chi connectivity index (χ2v) is 8.46. The Morgan fingerprint density at radius 2 is 1.97 bits per heavy atom. The molecular formula is C23H27N3O3S. The highest BCUT2D eigenvalue weighted by Crippen LogP contribution is 2.52. The molecule has 1 fully saturated rings. The summed E-state index contributed by atoms with van der Waals surface area (Å²) in [5, 5.41) is 3.95. The molecule has 0 spiro atoms. The SMILES string of the molecule is CCOc1cccc2c1O[C@@]1(C)[C@@H](C(=O)N(C)C)[C@H]2NC(=S)N1c1ccc(C)cc1. The number of hydrogen-bond donors (Lipinski definition) is 1. The number of amides is 1. The molecule has 2 aliphatic rings. The molecule has 1 saturated heterocycles. The number of aryl methyl sites for hydroxylation is 1. The van der Waals surface area contributed by atoms with Gasteiger partial charge in [-0.05, 0) is 51.2 Å². The van der Waals surface area contributed by atoms with Crippen LogP contribution in [0.2, 0.25) is 0 Å². The third-order valence-electron chi connectivity index (χ3n) is 5.79. The first kappa shape index (κ1) is 20.5. The van der Waals surface area contributed by atoms with Gasteiger partial charge in [-0.1, -0.05) is 29.8 Å². The van der Waals surface area contributed by atoms with Gasteiger partial charge < -0.3 is 19.7 Å². The number of benzene rings is 2. The van der Waals surface area contributed by atoms with Gasteiger partial charge in [-0.2, -0.15) is 0 Å². The van der Waals surface area contributed by atoms with E-state index in [1.54, 1.807) is 19.0 Å². The zero-order chi connectivity index (χ0) is 21.6. The average molecular weight is 426 g/mol. The maximum atomic E-state index is 13.4. The predicted octanol–water partition coefficient (Wildman–Crippen LogP) is 3.64. The number of nitrogens with one attached hydrogen (secondary N) is 1. The lowest BCUT2D eigenvalue weighted by molar-refractivity contribution is -0.144. The monoisotopic (exact) mass is 425 g/mol. The summed E-state index contributed by atoms with van der Waals surface area (Å²) in [4.78, 5) is 16.9. The highest BCUT2D eigenvalue weighted by Gasteiger charge is 2.59. The Labute approximate surface area is 182 Å². The fourth-order valence-corrected chi connectivity index (χ4v) is 4.79. The maximum absolute atomic E-state index is 13.4. The number of para-hydroxylation sites is 1. The zero-order valence-electron chi connectivity index (χ0n) is 17.9. The van der Waals surface area contributed by atoms with Crippen LogP contribution in [0.3, 0.4) is 0 Å². The van der Waals surface area contributed by atoms with Crippen molar-refractivity contribution in [1.29, 1.82) is 0 Å². The Morgan fingerprint density at radius 1 is 1.27 bits per heavy atom. The number of carbonyl (C=O) groups is 1. The van der Waals surface area contributed by atoms with Gasteiger partial charge in [0.25, 0.3) is 0 Å². The molecule has 0 radical (unpaired) electrons. The number of hydrogen-bond acceptors (Lipinski definition) is 4. The van der Waals surface area contributed by atoms with Crippen molar-refractivity contribution < 1.29 is 14.3 Å². The molecule has 2 bridgehead atoms. The van der Waals surface area contributed by atoms with Crippen LogP contribution in [-0.4, -0.2) is 42.3 Å². The topological polar surface area (TPSA) is 54.0 Å². The second-order valence-electron chi connectivity index (χ2n) is 8.07. The van der Waals surface area contributed by atoms with Gasteiger partial charge in [-0.15, -0.1) is 0 Å². The minimum Gasteiger partial charge on any atom is -0.490 e. The van der Waals surface area contributed by atoms with E-state index in [1.165, 1.54) is 0 Å². The zero-order valence-corrected chi connectivity index (χ0v) is 18.7. The molecule has 2 aromatic carbocycles. The van der Waals surface area contributed by atoms with Crippen LogP contribution in [0.15, 0.2) is 42.5 Å². The molecule has 158 valence electrons. The summed E-state index contributed by atoms with van der Waals surface area (Å²) in [5.74, 6) is 0.786. The molecule has 0 aliphatic carbocycles. The van der Waals surface area contributed by atoms with Crippen LogP contribution in [0.4, 0.5) is 5.69 Å². The standard InChI is InChI=1S/C23H27N3O3S/c1-6-28-17-9-7-8-16-19-18(21(27)25(4)5)23(3,29-20(16)17)26(22(30)24-19)15-12-10-14(2)11-13-15/h7-13,18-19H,6H2,1-5H3,(H,24,30)/t18-,19+,23+/m1/s1. The summed E-state index contributed by atoms with van der Waals surface area (Å²) < 4.78 is 12.5. The van der Waals surface area contributed by atoms with E-state index in [9.17, 15) is 4.79 Å². The van der Waals surface area contributed by atoms with E-state index in [-0.39, 0.29) is 11.9 Å². The number of carbonyl (C=O) groups excluding carboxylic acids is 1. The molecule has 4 rings (SSSR count). The summed E-state index contributed by atoms with van der Waals surface area (Å²) in [7, 11) is 3.53. The largest absolute Gasteiger partial charge is 0.490 e. The van der Waals surface area contributed by atoms with Gasteiger partial charge in [0.05, 0.1) is 12.6 Å². The molecule has 0 saturated carbocycles. The van der Waals surface area contributed by atoms with Crippen LogP contribution < -0.4 is 19.7 Å². The molecule has 6 nitrogen and oxygen atoms in total. The van der Waals surface area contributed by atoms with Gasteiger partial charge in [0, 0.05) is 25.3 Å². The predicted molar refractivity (Wildman–Crippen MR) is 121 cm³/mol. The lowest BCUT2D eigenvalue weighted by Crippen LogP contribution is -2.72.